The molecular formula is C12H6F3N3S. The van der Waals surface area contributed by atoms with Crippen molar-refractivity contribution in [1.82, 2.24) is 9.97 Å². The number of rotatable bonds is 2. The fourth-order valence-corrected chi connectivity index (χ4v) is 2.08. The summed E-state index contributed by atoms with van der Waals surface area (Å²) in [6.07, 6.45) is -0.682. The molecule has 3 nitrogen and oxygen atoms in total. The molecule has 2 aromatic heterocycles. The van der Waals surface area contributed by atoms with Crippen molar-refractivity contribution in [2.75, 3.05) is 0 Å². The number of halogens is 3. The zero-order valence-corrected chi connectivity index (χ0v) is 10.2. The van der Waals surface area contributed by atoms with Crippen LogP contribution >= 0.6 is 11.8 Å². The van der Waals surface area contributed by atoms with Gasteiger partial charge in [-0.25, -0.2) is 4.98 Å². The summed E-state index contributed by atoms with van der Waals surface area (Å²) in [5.41, 5.74) is -0.398. The van der Waals surface area contributed by atoms with Crippen molar-refractivity contribution in [2.45, 2.75) is 16.1 Å². The highest BCUT2D eigenvalue weighted by Gasteiger charge is 2.30. The van der Waals surface area contributed by atoms with E-state index in [2.05, 4.69) is 9.97 Å². The average molecular weight is 281 g/mol. The normalized spacial score (nSPS) is 11.1. The fraction of sp³-hybridized carbons (Fsp3) is 0.0833. The van der Waals surface area contributed by atoms with Gasteiger partial charge in [-0.05, 0) is 18.2 Å². The van der Waals surface area contributed by atoms with E-state index in [9.17, 15) is 13.2 Å². The third-order valence-corrected chi connectivity index (χ3v) is 3.18. The van der Waals surface area contributed by atoms with Crippen LogP contribution in [0.4, 0.5) is 13.2 Å². The lowest BCUT2D eigenvalue weighted by Crippen LogP contribution is -2.05. The van der Waals surface area contributed by atoms with E-state index in [4.69, 9.17) is 5.26 Å². The van der Waals surface area contributed by atoms with Gasteiger partial charge in [0.15, 0.2) is 0 Å². The Morgan fingerprint density at radius 3 is 2.53 bits per heavy atom. The molecule has 19 heavy (non-hydrogen) atoms. The van der Waals surface area contributed by atoms with Crippen LogP contribution in [-0.2, 0) is 6.18 Å². The molecule has 0 unspecified atom stereocenters. The van der Waals surface area contributed by atoms with E-state index < -0.39 is 11.7 Å². The molecule has 0 saturated heterocycles. The Kier molecular flexibility index (Phi) is 3.71. The molecule has 0 aliphatic heterocycles. The van der Waals surface area contributed by atoms with Gasteiger partial charge in [0.25, 0.3) is 0 Å². The summed E-state index contributed by atoms with van der Waals surface area (Å²) >= 11 is 1.09. The zero-order chi connectivity index (χ0) is 13.9. The summed E-state index contributed by atoms with van der Waals surface area (Å²) in [5, 5.41) is 9.26. The largest absolute Gasteiger partial charge is 0.417 e. The molecule has 0 aliphatic rings. The molecule has 0 atom stereocenters. The van der Waals surface area contributed by atoms with E-state index in [1.54, 1.807) is 0 Å². The van der Waals surface area contributed by atoms with Crippen molar-refractivity contribution in [3.63, 3.8) is 0 Å². The molecule has 0 spiro atoms. The Morgan fingerprint density at radius 1 is 1.16 bits per heavy atom. The minimum atomic E-state index is -4.40. The predicted molar refractivity (Wildman–Crippen MR) is 62.3 cm³/mol. The highest BCUT2D eigenvalue weighted by molar-refractivity contribution is 7.99. The third kappa shape index (κ3) is 3.23. The second kappa shape index (κ2) is 5.28. The molecule has 0 aliphatic carbocycles. The summed E-state index contributed by atoms with van der Waals surface area (Å²) in [4.78, 5) is 8.14. The lowest BCUT2D eigenvalue weighted by Gasteiger charge is -2.06. The minimum absolute atomic E-state index is 0.373. The lowest BCUT2D eigenvalue weighted by atomic mass is 10.3. The molecule has 0 saturated carbocycles. The molecule has 0 aromatic carbocycles. The maximum Gasteiger partial charge on any atom is 0.417 e. The van der Waals surface area contributed by atoms with E-state index >= 15 is 0 Å². The summed E-state index contributed by atoms with van der Waals surface area (Å²) in [6, 6.07) is 5.74. The van der Waals surface area contributed by atoms with Crippen molar-refractivity contribution in [3.05, 3.63) is 47.9 Å². The Morgan fingerprint density at radius 2 is 1.95 bits per heavy atom. The van der Waals surface area contributed by atoms with Crippen LogP contribution in [0.5, 0.6) is 0 Å². The smallest absolute Gasteiger partial charge is 0.263 e. The summed E-state index contributed by atoms with van der Waals surface area (Å²) in [7, 11) is 0. The van der Waals surface area contributed by atoms with E-state index in [1.807, 2.05) is 6.07 Å². The number of nitriles is 1. The topological polar surface area (TPSA) is 49.6 Å². The number of nitrogens with zero attached hydrogens (tertiary/aromatic N) is 3. The van der Waals surface area contributed by atoms with E-state index in [1.165, 1.54) is 24.5 Å². The molecule has 2 heterocycles. The van der Waals surface area contributed by atoms with E-state index in [0.29, 0.717) is 15.5 Å². The highest BCUT2D eigenvalue weighted by atomic mass is 32.2. The van der Waals surface area contributed by atoms with Crippen molar-refractivity contribution in [1.29, 1.82) is 5.26 Å². The van der Waals surface area contributed by atoms with Gasteiger partial charge in [-0.3, -0.25) is 4.98 Å². The van der Waals surface area contributed by atoms with E-state index in [0.717, 1.165) is 24.0 Å². The molecule has 0 radical (unpaired) electrons. The van der Waals surface area contributed by atoms with Gasteiger partial charge in [-0.1, -0.05) is 11.8 Å². The van der Waals surface area contributed by atoms with Crippen LogP contribution in [0.25, 0.3) is 0 Å². The van der Waals surface area contributed by atoms with Crippen molar-refractivity contribution >= 4 is 11.8 Å². The highest BCUT2D eigenvalue weighted by Crippen LogP contribution is 2.32. The Labute approximate surface area is 111 Å². The molecule has 0 bridgehead atoms. The summed E-state index contributed by atoms with van der Waals surface area (Å²) < 4.78 is 37.1. The lowest BCUT2D eigenvalue weighted by molar-refractivity contribution is -0.137. The molecule has 96 valence electrons. The Balaban J connectivity index is 2.23. The van der Waals surface area contributed by atoms with E-state index in [-0.39, 0.29) is 0 Å². The van der Waals surface area contributed by atoms with Crippen LogP contribution in [0.2, 0.25) is 0 Å². The first-order chi connectivity index (χ1) is 9.00. The number of pyridine rings is 2. The van der Waals surface area contributed by atoms with Crippen molar-refractivity contribution in [2.24, 2.45) is 0 Å². The molecule has 0 fully saturated rings. The first kappa shape index (κ1) is 13.4. The quantitative estimate of drug-likeness (QED) is 0.845. The number of aromatic nitrogens is 2. The maximum absolute atomic E-state index is 12.4. The Hall–Kier alpha value is -2.07. The second-order valence-corrected chi connectivity index (χ2v) is 4.53. The Bertz CT molecular complexity index is 617. The number of hydrogen-bond acceptors (Lipinski definition) is 4. The average Bonchev–Trinajstić information content (AvgIpc) is 2.39. The molecule has 0 amide bonds. The number of alkyl halides is 3. The SMILES string of the molecule is N#Cc1ccncc1Sc1ccc(C(F)(F)F)cn1. The van der Waals surface area contributed by atoms with Gasteiger partial charge >= 0.3 is 6.18 Å². The van der Waals surface area contributed by atoms with Crippen LogP contribution in [0, 0.1) is 11.3 Å². The van der Waals surface area contributed by atoms with Crippen LogP contribution in [-0.4, -0.2) is 9.97 Å². The fourth-order valence-electron chi connectivity index (χ4n) is 1.27. The first-order valence-corrected chi connectivity index (χ1v) is 5.87. The minimum Gasteiger partial charge on any atom is -0.263 e. The third-order valence-electron chi connectivity index (χ3n) is 2.18. The molecule has 0 N–H and O–H groups in total. The van der Waals surface area contributed by atoms with Gasteiger partial charge in [0, 0.05) is 23.5 Å². The predicted octanol–water partition coefficient (Wildman–Crippen LogP) is 3.52. The van der Waals surface area contributed by atoms with Gasteiger partial charge < -0.3 is 0 Å². The van der Waals surface area contributed by atoms with Crippen LogP contribution in [0.15, 0.2) is 46.7 Å². The second-order valence-electron chi connectivity index (χ2n) is 3.47. The van der Waals surface area contributed by atoms with Gasteiger partial charge in [-0.2, -0.15) is 18.4 Å². The van der Waals surface area contributed by atoms with Crippen molar-refractivity contribution in [3.8, 4) is 6.07 Å². The van der Waals surface area contributed by atoms with Gasteiger partial charge in [0.1, 0.15) is 11.1 Å². The maximum atomic E-state index is 12.4. The molecular weight excluding hydrogens is 275 g/mol. The first-order valence-electron chi connectivity index (χ1n) is 5.06. The monoisotopic (exact) mass is 281 g/mol. The van der Waals surface area contributed by atoms with Crippen LogP contribution in [0.3, 0.4) is 0 Å². The van der Waals surface area contributed by atoms with Gasteiger partial charge in [-0.15, -0.1) is 0 Å². The summed E-state index contributed by atoms with van der Waals surface area (Å²) in [5.74, 6) is 0. The van der Waals surface area contributed by atoms with Crippen molar-refractivity contribution < 1.29 is 13.2 Å². The number of hydrogen-bond donors (Lipinski definition) is 0. The molecule has 7 heteroatoms. The van der Waals surface area contributed by atoms with Gasteiger partial charge in [0.2, 0.25) is 0 Å². The molecule has 2 rings (SSSR count). The van der Waals surface area contributed by atoms with Gasteiger partial charge in [0.05, 0.1) is 11.1 Å². The van der Waals surface area contributed by atoms with Crippen LogP contribution < -0.4 is 0 Å². The summed E-state index contributed by atoms with van der Waals surface area (Å²) in [6.45, 7) is 0. The standard InChI is InChI=1S/C12H6F3N3S/c13-12(14,15)9-1-2-11(18-6-9)19-10-7-17-4-3-8(10)5-16/h1-4,6-7H. The van der Waals surface area contributed by atoms with Crippen LogP contribution in [0.1, 0.15) is 11.1 Å². The zero-order valence-electron chi connectivity index (χ0n) is 9.35. The molecule has 2 aromatic rings.